The van der Waals surface area contributed by atoms with Crippen molar-refractivity contribution in [2.24, 2.45) is 0 Å². The van der Waals surface area contributed by atoms with Crippen molar-refractivity contribution in [2.75, 3.05) is 0 Å². The van der Waals surface area contributed by atoms with Gasteiger partial charge in [-0.3, -0.25) is 4.57 Å². The van der Waals surface area contributed by atoms with Gasteiger partial charge in [0.2, 0.25) is 0 Å². The molecular weight excluding hydrogens is 472 g/mol. The molecule has 1 heterocycles. The monoisotopic (exact) mass is 504 g/mol. The first kappa shape index (κ1) is 15.3. The minimum atomic E-state index is -0.448. The van der Waals surface area contributed by atoms with Gasteiger partial charge in [0, 0.05) is 11.3 Å². The van der Waals surface area contributed by atoms with Crippen LogP contribution in [0.2, 0.25) is 0 Å². The summed E-state index contributed by atoms with van der Waals surface area (Å²) in [6, 6.07) is 27.3. The molecular formula is C37H24N2. The molecule has 0 saturated carbocycles. The molecule has 8 aromatic rings. The van der Waals surface area contributed by atoms with Crippen molar-refractivity contribution in [3.8, 4) is 28.2 Å². The van der Waals surface area contributed by atoms with E-state index in [0.717, 1.165) is 22.0 Å². The number of hydrogen-bond acceptors (Lipinski definition) is 1. The zero-order chi connectivity index (χ0) is 32.7. The average Bonchev–Trinajstić information content (AvgIpc) is 3.49. The van der Waals surface area contributed by atoms with Gasteiger partial charge in [-0.15, -0.1) is 0 Å². The van der Waals surface area contributed by atoms with E-state index in [1.165, 1.54) is 0 Å². The van der Waals surface area contributed by atoms with E-state index in [-0.39, 0.29) is 51.3 Å². The lowest BCUT2D eigenvalue weighted by molar-refractivity contribution is 1.11. The molecule has 39 heavy (non-hydrogen) atoms. The SMILES string of the molecule is [2H]c1c([2H])c([2H])c2c(-c3nc4ccccc4n3-c3ccccc3)c3c([2H])c([2H])c([2H])c([2H])c3c(-c3ccc4ccccc4c3)c2c1[2H]. The van der Waals surface area contributed by atoms with Gasteiger partial charge in [-0.1, -0.05) is 115 Å². The highest BCUT2D eigenvalue weighted by molar-refractivity contribution is 6.21. The number of fused-ring (bicyclic) bond motifs is 4. The topological polar surface area (TPSA) is 17.8 Å². The summed E-state index contributed by atoms with van der Waals surface area (Å²) in [5.41, 5.74) is 3.17. The van der Waals surface area contributed by atoms with Gasteiger partial charge < -0.3 is 0 Å². The fourth-order valence-electron chi connectivity index (χ4n) is 5.51. The van der Waals surface area contributed by atoms with Crippen LogP contribution in [0.25, 0.3) is 71.6 Å². The minimum absolute atomic E-state index is 0.129. The Morgan fingerprint density at radius 1 is 0.538 bits per heavy atom. The average molecular weight is 505 g/mol. The highest BCUT2D eigenvalue weighted by atomic mass is 15.1. The fourth-order valence-corrected chi connectivity index (χ4v) is 5.51. The van der Waals surface area contributed by atoms with Gasteiger partial charge in [0.05, 0.1) is 22.0 Å². The largest absolute Gasteiger partial charge is 0.292 e. The van der Waals surface area contributed by atoms with Crippen LogP contribution in [0.5, 0.6) is 0 Å². The number of benzene rings is 7. The van der Waals surface area contributed by atoms with E-state index in [0.29, 0.717) is 22.5 Å². The molecule has 0 unspecified atom stereocenters. The van der Waals surface area contributed by atoms with Crippen molar-refractivity contribution in [3.63, 3.8) is 0 Å². The summed E-state index contributed by atoms with van der Waals surface area (Å²) >= 11 is 0. The minimum Gasteiger partial charge on any atom is -0.292 e. The van der Waals surface area contributed by atoms with Crippen molar-refractivity contribution in [1.29, 1.82) is 0 Å². The van der Waals surface area contributed by atoms with Crippen molar-refractivity contribution < 1.29 is 11.0 Å². The summed E-state index contributed by atoms with van der Waals surface area (Å²) < 4.78 is 73.9. The second kappa shape index (κ2) is 8.68. The Hall–Kier alpha value is -5.21. The summed E-state index contributed by atoms with van der Waals surface area (Å²) in [4.78, 5) is 5.01. The van der Waals surface area contributed by atoms with Crippen LogP contribution in [-0.2, 0) is 0 Å². The van der Waals surface area contributed by atoms with Crippen molar-refractivity contribution in [3.05, 3.63) is 145 Å². The van der Waals surface area contributed by atoms with Gasteiger partial charge in [0.15, 0.2) is 0 Å². The molecule has 0 atom stereocenters. The lowest BCUT2D eigenvalue weighted by Crippen LogP contribution is -1.99. The van der Waals surface area contributed by atoms with Crippen LogP contribution in [0.15, 0.2) is 145 Å². The van der Waals surface area contributed by atoms with Crippen LogP contribution in [0, 0.1) is 0 Å². The highest BCUT2D eigenvalue weighted by Gasteiger charge is 2.21. The molecule has 0 saturated heterocycles. The van der Waals surface area contributed by atoms with Gasteiger partial charge in [-0.05, 0) is 73.8 Å². The van der Waals surface area contributed by atoms with Crippen LogP contribution >= 0.6 is 0 Å². The molecule has 182 valence electrons. The zero-order valence-corrected chi connectivity index (χ0v) is 20.6. The molecule has 7 aromatic carbocycles. The smallest absolute Gasteiger partial charge is 0.146 e. The first-order chi connectivity index (χ1) is 22.7. The lowest BCUT2D eigenvalue weighted by atomic mass is 9.87. The number of nitrogens with zero attached hydrogens (tertiary/aromatic N) is 2. The molecule has 0 aliphatic rings. The number of aromatic nitrogens is 2. The van der Waals surface area contributed by atoms with E-state index >= 15 is 0 Å². The second-order valence-electron chi connectivity index (χ2n) is 9.41. The maximum absolute atomic E-state index is 9.29. The molecule has 0 bridgehead atoms. The van der Waals surface area contributed by atoms with E-state index in [4.69, 9.17) is 10.5 Å². The normalized spacial score (nSPS) is 14.5. The summed E-state index contributed by atoms with van der Waals surface area (Å²) in [6.45, 7) is 0. The van der Waals surface area contributed by atoms with Crippen LogP contribution in [0.1, 0.15) is 11.0 Å². The summed E-state index contributed by atoms with van der Waals surface area (Å²) in [5.74, 6) is 0.299. The van der Waals surface area contributed by atoms with E-state index in [2.05, 4.69) is 0 Å². The third-order valence-corrected chi connectivity index (χ3v) is 7.21. The molecule has 0 spiro atoms. The van der Waals surface area contributed by atoms with Crippen molar-refractivity contribution in [2.45, 2.75) is 0 Å². The van der Waals surface area contributed by atoms with Crippen LogP contribution in [0.3, 0.4) is 0 Å². The Balaban J connectivity index is 1.70. The molecule has 0 N–H and O–H groups in total. The molecule has 0 aliphatic carbocycles. The van der Waals surface area contributed by atoms with Crippen LogP contribution < -0.4 is 0 Å². The third kappa shape index (κ3) is 3.39. The molecule has 0 amide bonds. The standard InChI is InChI=1S/C37H24N2/c1-2-14-28(15-3-1)39-34-21-11-10-20-33(34)38-37(39)36-31-18-8-6-16-29(31)35(30-17-7-9-19-32(30)36)27-23-22-25-12-4-5-13-26(25)24-27/h1-24H/i6D,7D,8D,9D,16D,17D,18D,19D. The Morgan fingerprint density at radius 2 is 1.13 bits per heavy atom. The van der Waals surface area contributed by atoms with E-state index in [1.54, 1.807) is 0 Å². The Bertz CT molecular complexity index is 2530. The van der Waals surface area contributed by atoms with Gasteiger partial charge >= 0.3 is 0 Å². The first-order valence-electron chi connectivity index (χ1n) is 16.7. The van der Waals surface area contributed by atoms with E-state index in [1.807, 2.05) is 102 Å². The number of hydrogen-bond donors (Lipinski definition) is 0. The first-order valence-corrected chi connectivity index (χ1v) is 12.7. The number of para-hydroxylation sites is 3. The maximum Gasteiger partial charge on any atom is 0.146 e. The second-order valence-corrected chi connectivity index (χ2v) is 9.41. The molecule has 1 aromatic heterocycles. The maximum atomic E-state index is 9.29. The molecule has 0 aliphatic heterocycles. The molecule has 0 fully saturated rings. The molecule has 8 rings (SSSR count). The Kier molecular flexibility index (Phi) is 3.40. The van der Waals surface area contributed by atoms with Crippen molar-refractivity contribution >= 4 is 43.4 Å². The predicted octanol–water partition coefficient (Wildman–Crippen LogP) is 9.82. The molecule has 2 heteroatoms. The third-order valence-electron chi connectivity index (χ3n) is 7.21. The van der Waals surface area contributed by atoms with E-state index in [9.17, 15) is 5.48 Å². The zero-order valence-electron chi connectivity index (χ0n) is 28.6. The van der Waals surface area contributed by atoms with E-state index < -0.39 is 24.2 Å². The Morgan fingerprint density at radius 3 is 1.85 bits per heavy atom. The lowest BCUT2D eigenvalue weighted by Gasteiger charge is -2.18. The van der Waals surface area contributed by atoms with Gasteiger partial charge in [0.1, 0.15) is 5.82 Å². The van der Waals surface area contributed by atoms with Crippen LogP contribution in [0.4, 0.5) is 0 Å². The highest BCUT2D eigenvalue weighted by Crippen LogP contribution is 2.44. The van der Waals surface area contributed by atoms with Gasteiger partial charge in [-0.25, -0.2) is 4.98 Å². The fraction of sp³-hybridized carbons (Fsp3) is 0. The molecule has 2 nitrogen and oxygen atoms in total. The van der Waals surface area contributed by atoms with Gasteiger partial charge in [-0.2, -0.15) is 0 Å². The summed E-state index contributed by atoms with van der Waals surface area (Å²) in [6.07, 6.45) is 0. The predicted molar refractivity (Wildman–Crippen MR) is 164 cm³/mol. The summed E-state index contributed by atoms with van der Waals surface area (Å²) in [7, 11) is 0. The van der Waals surface area contributed by atoms with Crippen LogP contribution in [-0.4, -0.2) is 9.55 Å². The quantitative estimate of drug-likeness (QED) is 0.219. The summed E-state index contributed by atoms with van der Waals surface area (Å²) in [5, 5.41) is 2.41. The number of imidazole rings is 1. The van der Waals surface area contributed by atoms with Crippen molar-refractivity contribution in [1.82, 2.24) is 9.55 Å². The Labute approximate surface area is 237 Å². The number of rotatable bonds is 3. The van der Waals surface area contributed by atoms with Gasteiger partial charge in [0.25, 0.3) is 0 Å². The molecule has 0 radical (unpaired) electrons.